The number of rotatable bonds is 3. The first-order valence-electron chi connectivity index (χ1n) is 6.14. The van der Waals surface area contributed by atoms with E-state index < -0.39 is 21.8 Å². The molecule has 0 spiro atoms. The Morgan fingerprint density at radius 2 is 2.21 bits per heavy atom. The van der Waals surface area contributed by atoms with E-state index in [-0.39, 0.29) is 17.5 Å². The molecule has 1 aromatic rings. The highest BCUT2D eigenvalue weighted by Gasteiger charge is 2.36. The van der Waals surface area contributed by atoms with Crippen LogP contribution in [0.15, 0.2) is 29.4 Å². The van der Waals surface area contributed by atoms with Crippen molar-refractivity contribution in [1.82, 2.24) is 9.29 Å². The summed E-state index contributed by atoms with van der Waals surface area (Å²) in [6.07, 6.45) is 4.10. The molecule has 2 heterocycles. The van der Waals surface area contributed by atoms with Crippen molar-refractivity contribution in [2.45, 2.75) is 30.7 Å². The van der Waals surface area contributed by atoms with Crippen LogP contribution in [0.5, 0.6) is 0 Å². The SMILES string of the molecule is C[C@@H]1CC[C@@H](C(N)=O)CN1S(=O)(=O)c1cccnc1. The zero-order chi connectivity index (χ0) is 14.0. The Morgan fingerprint density at radius 3 is 2.79 bits per heavy atom. The number of hydrogen-bond acceptors (Lipinski definition) is 4. The van der Waals surface area contributed by atoms with Crippen LogP contribution < -0.4 is 5.73 Å². The molecule has 0 radical (unpaired) electrons. The normalized spacial score (nSPS) is 25.1. The second-order valence-corrected chi connectivity index (χ2v) is 6.68. The number of primary amides is 1. The second-order valence-electron chi connectivity index (χ2n) is 4.79. The Balaban J connectivity index is 2.31. The molecule has 0 saturated carbocycles. The molecule has 2 rings (SSSR count). The molecule has 1 fully saturated rings. The van der Waals surface area contributed by atoms with Crippen LogP contribution in [0.25, 0.3) is 0 Å². The molecule has 1 aromatic heterocycles. The van der Waals surface area contributed by atoms with Gasteiger partial charge in [0.1, 0.15) is 4.90 Å². The summed E-state index contributed by atoms with van der Waals surface area (Å²) in [5, 5.41) is 0. The summed E-state index contributed by atoms with van der Waals surface area (Å²) in [6.45, 7) is 1.98. The topological polar surface area (TPSA) is 93.4 Å². The van der Waals surface area contributed by atoms with E-state index in [0.29, 0.717) is 12.8 Å². The summed E-state index contributed by atoms with van der Waals surface area (Å²) in [5.74, 6) is -0.860. The molecule has 2 N–H and O–H groups in total. The van der Waals surface area contributed by atoms with Crippen molar-refractivity contribution < 1.29 is 13.2 Å². The number of carbonyl (C=O) groups excluding carboxylic acids is 1. The molecular formula is C12H17N3O3S. The highest BCUT2D eigenvalue weighted by atomic mass is 32.2. The molecule has 1 aliphatic heterocycles. The highest BCUT2D eigenvalue weighted by molar-refractivity contribution is 7.89. The minimum atomic E-state index is -3.61. The van der Waals surface area contributed by atoms with Crippen molar-refractivity contribution in [3.63, 3.8) is 0 Å². The lowest BCUT2D eigenvalue weighted by atomic mass is 9.95. The first-order chi connectivity index (χ1) is 8.93. The van der Waals surface area contributed by atoms with Crippen LogP contribution in [0.4, 0.5) is 0 Å². The van der Waals surface area contributed by atoms with Gasteiger partial charge in [-0.05, 0) is 31.9 Å². The Morgan fingerprint density at radius 1 is 1.47 bits per heavy atom. The minimum absolute atomic E-state index is 0.138. The number of sulfonamides is 1. The number of carbonyl (C=O) groups is 1. The maximum Gasteiger partial charge on any atom is 0.244 e. The van der Waals surface area contributed by atoms with E-state index >= 15 is 0 Å². The Labute approximate surface area is 112 Å². The van der Waals surface area contributed by atoms with Crippen molar-refractivity contribution in [3.8, 4) is 0 Å². The quantitative estimate of drug-likeness (QED) is 0.866. The Kier molecular flexibility index (Phi) is 3.86. The van der Waals surface area contributed by atoms with Crippen molar-refractivity contribution in [2.24, 2.45) is 11.7 Å². The van der Waals surface area contributed by atoms with Crippen LogP contribution in [-0.2, 0) is 14.8 Å². The first kappa shape index (κ1) is 14.0. The van der Waals surface area contributed by atoms with Gasteiger partial charge in [-0.2, -0.15) is 4.31 Å². The molecule has 0 bridgehead atoms. The van der Waals surface area contributed by atoms with Gasteiger partial charge >= 0.3 is 0 Å². The van der Waals surface area contributed by atoms with Gasteiger partial charge in [0, 0.05) is 25.0 Å². The van der Waals surface area contributed by atoms with E-state index in [2.05, 4.69) is 4.98 Å². The molecule has 7 heteroatoms. The fourth-order valence-electron chi connectivity index (χ4n) is 2.28. The van der Waals surface area contributed by atoms with Crippen molar-refractivity contribution in [3.05, 3.63) is 24.5 Å². The summed E-state index contributed by atoms with van der Waals surface area (Å²) in [6, 6.07) is 2.94. The number of piperidine rings is 1. The summed E-state index contributed by atoms with van der Waals surface area (Å²) in [5.41, 5.74) is 5.28. The third-order valence-electron chi connectivity index (χ3n) is 3.47. The molecule has 6 nitrogen and oxygen atoms in total. The van der Waals surface area contributed by atoms with Crippen LogP contribution in [-0.4, -0.2) is 36.2 Å². The van der Waals surface area contributed by atoms with Crippen molar-refractivity contribution >= 4 is 15.9 Å². The third-order valence-corrected chi connectivity index (χ3v) is 5.43. The Hall–Kier alpha value is -1.47. The lowest BCUT2D eigenvalue weighted by Gasteiger charge is -2.35. The summed E-state index contributed by atoms with van der Waals surface area (Å²) in [4.78, 5) is 15.2. The van der Waals surface area contributed by atoms with E-state index in [9.17, 15) is 13.2 Å². The predicted molar refractivity (Wildman–Crippen MR) is 69.5 cm³/mol. The van der Waals surface area contributed by atoms with Crippen LogP contribution in [0.2, 0.25) is 0 Å². The minimum Gasteiger partial charge on any atom is -0.369 e. The number of amides is 1. The summed E-state index contributed by atoms with van der Waals surface area (Å²) >= 11 is 0. The van der Waals surface area contributed by atoms with Crippen LogP contribution in [0.3, 0.4) is 0 Å². The first-order valence-corrected chi connectivity index (χ1v) is 7.58. The monoisotopic (exact) mass is 283 g/mol. The maximum absolute atomic E-state index is 12.5. The van der Waals surface area contributed by atoms with Crippen LogP contribution in [0.1, 0.15) is 19.8 Å². The van der Waals surface area contributed by atoms with Gasteiger partial charge < -0.3 is 5.73 Å². The molecule has 2 atom stereocenters. The average molecular weight is 283 g/mol. The zero-order valence-electron chi connectivity index (χ0n) is 10.7. The lowest BCUT2D eigenvalue weighted by Crippen LogP contribution is -2.48. The lowest BCUT2D eigenvalue weighted by molar-refractivity contribution is -0.123. The van der Waals surface area contributed by atoms with Gasteiger partial charge in [0.25, 0.3) is 0 Å². The fraction of sp³-hybridized carbons (Fsp3) is 0.500. The van der Waals surface area contributed by atoms with Gasteiger partial charge in [-0.3, -0.25) is 9.78 Å². The van der Waals surface area contributed by atoms with Gasteiger partial charge in [-0.15, -0.1) is 0 Å². The van der Waals surface area contributed by atoms with Crippen molar-refractivity contribution in [2.75, 3.05) is 6.54 Å². The second kappa shape index (κ2) is 5.26. The summed E-state index contributed by atoms with van der Waals surface area (Å²) in [7, 11) is -3.61. The maximum atomic E-state index is 12.5. The number of aromatic nitrogens is 1. The average Bonchev–Trinajstić information content (AvgIpc) is 2.39. The van der Waals surface area contributed by atoms with Gasteiger partial charge in [0.05, 0.1) is 5.92 Å². The molecule has 19 heavy (non-hydrogen) atoms. The summed E-state index contributed by atoms with van der Waals surface area (Å²) < 4.78 is 26.3. The largest absolute Gasteiger partial charge is 0.369 e. The van der Waals surface area contributed by atoms with Gasteiger partial charge in [-0.1, -0.05) is 0 Å². The molecule has 1 amide bonds. The smallest absolute Gasteiger partial charge is 0.244 e. The standard InChI is InChI=1S/C12H17N3O3S/c1-9-4-5-10(12(13)16)8-15(9)19(17,18)11-3-2-6-14-7-11/h2-3,6-7,9-10H,4-5,8H2,1H3,(H2,13,16)/t9-,10-/m1/s1. The molecule has 0 aromatic carbocycles. The van der Waals surface area contributed by atoms with Crippen molar-refractivity contribution in [1.29, 1.82) is 0 Å². The van der Waals surface area contributed by atoms with E-state index in [1.54, 1.807) is 6.07 Å². The predicted octanol–water partition coefficient (Wildman–Crippen LogP) is 0.356. The third kappa shape index (κ3) is 2.76. The highest BCUT2D eigenvalue weighted by Crippen LogP contribution is 2.27. The number of hydrogen-bond donors (Lipinski definition) is 1. The van der Waals surface area contributed by atoms with E-state index in [4.69, 9.17) is 5.73 Å². The van der Waals surface area contributed by atoms with Gasteiger partial charge in [0.2, 0.25) is 15.9 Å². The van der Waals surface area contributed by atoms with Crippen LogP contribution in [0, 0.1) is 5.92 Å². The molecule has 104 valence electrons. The molecule has 1 aliphatic rings. The number of nitrogens with zero attached hydrogens (tertiary/aromatic N) is 2. The molecule has 0 aliphatic carbocycles. The Bertz CT molecular complexity index is 559. The van der Waals surface area contributed by atoms with E-state index in [0.717, 1.165) is 0 Å². The van der Waals surface area contributed by atoms with E-state index in [1.807, 2.05) is 6.92 Å². The van der Waals surface area contributed by atoms with Gasteiger partial charge in [-0.25, -0.2) is 8.42 Å². The fourth-order valence-corrected chi connectivity index (χ4v) is 3.95. The molecule has 0 unspecified atom stereocenters. The van der Waals surface area contributed by atoms with Crippen LogP contribution >= 0.6 is 0 Å². The zero-order valence-corrected chi connectivity index (χ0v) is 11.5. The number of nitrogens with two attached hydrogens (primary N) is 1. The van der Waals surface area contributed by atoms with Gasteiger partial charge in [0.15, 0.2) is 0 Å². The molecular weight excluding hydrogens is 266 g/mol. The van der Waals surface area contributed by atoms with E-state index in [1.165, 1.54) is 22.8 Å². The number of pyridine rings is 1. The molecule has 1 saturated heterocycles.